The first-order valence-corrected chi connectivity index (χ1v) is 7.01. The topological polar surface area (TPSA) is 80.7 Å². The highest BCUT2D eigenvalue weighted by Crippen LogP contribution is 2.32. The average Bonchev–Trinajstić information content (AvgIpc) is 2.51. The Morgan fingerprint density at radius 1 is 1.14 bits per heavy atom. The Morgan fingerprint density at radius 2 is 1.73 bits per heavy atom. The Kier molecular flexibility index (Phi) is 4.45. The number of ether oxygens (including phenoxy) is 1. The van der Waals surface area contributed by atoms with Gasteiger partial charge in [0.2, 0.25) is 0 Å². The summed E-state index contributed by atoms with van der Waals surface area (Å²) in [7, 11) is 0. The predicted molar refractivity (Wildman–Crippen MR) is 78.9 cm³/mol. The van der Waals surface area contributed by atoms with Crippen molar-refractivity contribution in [2.75, 3.05) is 0 Å². The minimum absolute atomic E-state index is 0.0125. The van der Waals surface area contributed by atoms with Gasteiger partial charge in [0.15, 0.2) is 17.3 Å². The van der Waals surface area contributed by atoms with Crippen LogP contribution in [0.15, 0.2) is 41.7 Å². The van der Waals surface area contributed by atoms with Crippen molar-refractivity contribution in [2.45, 2.75) is 33.3 Å². The number of hydrogen-bond donors (Lipinski definition) is 1. The zero-order valence-corrected chi connectivity index (χ0v) is 12.6. The number of hydrogen-bond acceptors (Lipinski definition) is 5. The molecule has 0 heterocycles. The monoisotopic (exact) mass is 302 g/mol. The van der Waals surface area contributed by atoms with Crippen molar-refractivity contribution in [3.8, 4) is 0 Å². The molecule has 2 rings (SSSR count). The third-order valence-electron chi connectivity index (χ3n) is 3.47. The molecule has 1 aliphatic carbocycles. The minimum atomic E-state index is -0.961. The maximum Gasteiger partial charge on any atom is 0.346 e. The van der Waals surface area contributed by atoms with E-state index in [1.54, 1.807) is 38.1 Å². The lowest BCUT2D eigenvalue weighted by atomic mass is 9.83. The number of allylic oxidation sites excluding steroid dienone is 1. The fourth-order valence-electron chi connectivity index (χ4n) is 2.38. The molecule has 0 saturated heterocycles. The molecule has 0 bridgehead atoms. The van der Waals surface area contributed by atoms with Gasteiger partial charge in [0, 0.05) is 12.8 Å². The van der Waals surface area contributed by atoms with Crippen LogP contribution in [0.2, 0.25) is 0 Å². The Bertz CT molecular complexity index is 640. The van der Waals surface area contributed by atoms with Gasteiger partial charge in [-0.05, 0) is 11.0 Å². The molecule has 22 heavy (non-hydrogen) atoms. The molecule has 0 aromatic heterocycles. The highest BCUT2D eigenvalue weighted by Gasteiger charge is 2.38. The molecule has 116 valence electrons. The molecule has 0 radical (unpaired) electrons. The predicted octanol–water partition coefficient (Wildman–Crippen LogP) is 2.50. The van der Waals surface area contributed by atoms with Crippen LogP contribution in [0.3, 0.4) is 0 Å². The number of Topliss-reactive ketones (excluding diaryl/α,β-unsaturated/α-hetero) is 2. The van der Waals surface area contributed by atoms with Crippen molar-refractivity contribution in [1.82, 2.24) is 0 Å². The summed E-state index contributed by atoms with van der Waals surface area (Å²) in [5.41, 5.74) is -0.376. The van der Waals surface area contributed by atoms with Gasteiger partial charge in [-0.3, -0.25) is 9.59 Å². The second kappa shape index (κ2) is 6.13. The van der Waals surface area contributed by atoms with Crippen LogP contribution in [0.5, 0.6) is 0 Å². The smallest absolute Gasteiger partial charge is 0.346 e. The number of carbonyl (C=O) groups is 3. The second-order valence-electron chi connectivity index (χ2n) is 6.15. The zero-order chi connectivity index (χ0) is 16.3. The Balaban J connectivity index is 2.18. The molecule has 0 spiro atoms. The lowest BCUT2D eigenvalue weighted by Crippen LogP contribution is -2.21. The van der Waals surface area contributed by atoms with Crippen molar-refractivity contribution in [2.24, 2.45) is 5.41 Å². The van der Waals surface area contributed by atoms with Gasteiger partial charge < -0.3 is 9.84 Å². The van der Waals surface area contributed by atoms with Crippen molar-refractivity contribution in [1.29, 1.82) is 0 Å². The lowest BCUT2D eigenvalue weighted by molar-refractivity contribution is -0.142. The number of rotatable bonds is 3. The van der Waals surface area contributed by atoms with E-state index >= 15 is 0 Å². The number of aliphatic hydroxyl groups excluding tert-OH is 1. The van der Waals surface area contributed by atoms with Gasteiger partial charge in [-0.15, -0.1) is 0 Å². The van der Waals surface area contributed by atoms with Gasteiger partial charge in [0.1, 0.15) is 12.2 Å². The van der Waals surface area contributed by atoms with Crippen molar-refractivity contribution in [3.05, 3.63) is 47.2 Å². The van der Waals surface area contributed by atoms with Gasteiger partial charge in [-0.25, -0.2) is 4.79 Å². The SMILES string of the molecule is CC1(C)CC(=O)C(O)=C(C(=O)OCc2ccccc2)C(=O)C1. The van der Waals surface area contributed by atoms with Crippen LogP contribution in [0.4, 0.5) is 0 Å². The fourth-order valence-corrected chi connectivity index (χ4v) is 2.38. The van der Waals surface area contributed by atoms with E-state index in [1.807, 2.05) is 6.07 Å². The van der Waals surface area contributed by atoms with Gasteiger partial charge in [0.25, 0.3) is 0 Å². The molecular formula is C17H18O5. The molecule has 0 atom stereocenters. The van der Waals surface area contributed by atoms with Crippen LogP contribution in [0, 0.1) is 5.41 Å². The van der Waals surface area contributed by atoms with Gasteiger partial charge in [-0.2, -0.15) is 0 Å². The van der Waals surface area contributed by atoms with Gasteiger partial charge in [-0.1, -0.05) is 44.2 Å². The second-order valence-corrected chi connectivity index (χ2v) is 6.15. The third kappa shape index (κ3) is 3.61. The summed E-state index contributed by atoms with van der Waals surface area (Å²) in [6, 6.07) is 8.95. The first kappa shape index (κ1) is 15.9. The summed E-state index contributed by atoms with van der Waals surface area (Å²) >= 11 is 0. The number of aliphatic hydroxyl groups is 1. The molecule has 0 saturated carbocycles. The van der Waals surface area contributed by atoms with Crippen LogP contribution in [-0.2, 0) is 25.7 Å². The Morgan fingerprint density at radius 3 is 2.36 bits per heavy atom. The highest BCUT2D eigenvalue weighted by atomic mass is 16.5. The maximum atomic E-state index is 12.2. The molecule has 0 aliphatic heterocycles. The van der Waals surface area contributed by atoms with Crippen LogP contribution in [-0.4, -0.2) is 22.6 Å². The van der Waals surface area contributed by atoms with E-state index in [-0.39, 0.29) is 19.4 Å². The zero-order valence-electron chi connectivity index (χ0n) is 12.6. The van der Waals surface area contributed by atoms with E-state index < -0.39 is 34.3 Å². The largest absolute Gasteiger partial charge is 0.504 e. The summed E-state index contributed by atoms with van der Waals surface area (Å²) in [4.78, 5) is 36.2. The summed E-state index contributed by atoms with van der Waals surface area (Å²) in [5.74, 6) is -2.92. The van der Waals surface area contributed by atoms with Gasteiger partial charge in [0.05, 0.1) is 0 Å². The minimum Gasteiger partial charge on any atom is -0.504 e. The summed E-state index contributed by atoms with van der Waals surface area (Å²) < 4.78 is 5.05. The maximum absolute atomic E-state index is 12.2. The van der Waals surface area contributed by atoms with Crippen molar-refractivity contribution >= 4 is 17.5 Å². The van der Waals surface area contributed by atoms with E-state index in [1.165, 1.54) is 0 Å². The standard InChI is InChI=1S/C17H18O5/c1-17(2)8-12(18)14(15(20)13(19)9-17)16(21)22-10-11-6-4-3-5-7-11/h3-7,20H,8-10H2,1-2H3. The molecular weight excluding hydrogens is 284 g/mol. The number of ketones is 2. The number of esters is 1. The molecule has 1 aliphatic rings. The van der Waals surface area contributed by atoms with E-state index in [9.17, 15) is 19.5 Å². The molecule has 0 amide bonds. The van der Waals surface area contributed by atoms with E-state index in [0.717, 1.165) is 5.56 Å². The molecule has 5 heteroatoms. The van der Waals surface area contributed by atoms with E-state index in [4.69, 9.17) is 4.74 Å². The van der Waals surface area contributed by atoms with Crippen LogP contribution < -0.4 is 0 Å². The number of carbonyl (C=O) groups excluding carboxylic acids is 3. The van der Waals surface area contributed by atoms with Crippen molar-refractivity contribution < 1.29 is 24.2 Å². The van der Waals surface area contributed by atoms with E-state index in [0.29, 0.717) is 0 Å². The molecule has 1 N–H and O–H groups in total. The third-order valence-corrected chi connectivity index (χ3v) is 3.47. The summed E-state index contributed by atoms with van der Waals surface area (Å²) in [6.45, 7) is 3.46. The van der Waals surface area contributed by atoms with Gasteiger partial charge >= 0.3 is 5.97 Å². The molecule has 0 unspecified atom stereocenters. The Hall–Kier alpha value is -2.43. The summed E-state index contributed by atoms with van der Waals surface area (Å²) in [6.07, 6.45) is 0.0264. The first-order valence-electron chi connectivity index (χ1n) is 7.01. The van der Waals surface area contributed by atoms with Crippen molar-refractivity contribution in [3.63, 3.8) is 0 Å². The Labute approximate surface area is 128 Å². The first-order chi connectivity index (χ1) is 10.3. The van der Waals surface area contributed by atoms with Crippen LogP contribution in [0.25, 0.3) is 0 Å². The van der Waals surface area contributed by atoms with Crippen LogP contribution >= 0.6 is 0 Å². The molecule has 5 nitrogen and oxygen atoms in total. The van der Waals surface area contributed by atoms with E-state index in [2.05, 4.69) is 0 Å². The lowest BCUT2D eigenvalue weighted by Gasteiger charge is -2.19. The molecule has 1 aromatic carbocycles. The molecule has 1 aromatic rings. The molecule has 0 fully saturated rings. The quantitative estimate of drug-likeness (QED) is 0.685. The summed E-state index contributed by atoms with van der Waals surface area (Å²) in [5, 5.41) is 9.90. The normalized spacial score (nSPS) is 18.1. The van der Waals surface area contributed by atoms with Crippen LogP contribution in [0.1, 0.15) is 32.3 Å². The fraction of sp³-hybridized carbons (Fsp3) is 0.353. The average molecular weight is 302 g/mol. The number of benzene rings is 1. The highest BCUT2D eigenvalue weighted by molar-refractivity contribution is 6.22.